The standard InChI is InChI=1S/C3H5O6S/c4-1-3(2-5)9-10(6,7)8/h3-4H,1H2,(H,6,7,8). The van der Waals surface area contributed by atoms with Crippen molar-refractivity contribution >= 4 is 16.7 Å². The minimum atomic E-state index is -4.67. The van der Waals surface area contributed by atoms with Gasteiger partial charge in [-0.05, 0) is 0 Å². The summed E-state index contributed by atoms with van der Waals surface area (Å²) in [6.45, 7) is -0.844. The molecule has 7 heteroatoms. The molecule has 0 saturated carbocycles. The molecule has 1 atom stereocenters. The Hall–Kier alpha value is -0.500. The third-order valence-electron chi connectivity index (χ3n) is 0.535. The molecule has 0 spiro atoms. The number of aliphatic hydroxyl groups is 1. The van der Waals surface area contributed by atoms with Crippen molar-refractivity contribution in [2.75, 3.05) is 6.61 Å². The minimum Gasteiger partial charge on any atom is -0.393 e. The highest BCUT2D eigenvalue weighted by atomic mass is 32.3. The molecule has 0 aliphatic carbocycles. The molecular formula is C3H5O6S. The fraction of sp³-hybridized carbons (Fsp3) is 0.667. The zero-order chi connectivity index (χ0) is 8.20. The summed E-state index contributed by atoms with van der Waals surface area (Å²) in [6, 6.07) is 0. The van der Waals surface area contributed by atoms with Gasteiger partial charge >= 0.3 is 10.4 Å². The van der Waals surface area contributed by atoms with E-state index in [1.54, 1.807) is 0 Å². The maximum absolute atomic E-state index is 9.80. The molecule has 0 saturated heterocycles. The molecule has 0 aliphatic rings. The topological polar surface area (TPSA) is 101 Å². The van der Waals surface area contributed by atoms with Crippen molar-refractivity contribution in [2.24, 2.45) is 0 Å². The van der Waals surface area contributed by atoms with E-state index in [9.17, 15) is 13.2 Å². The Kier molecular flexibility index (Phi) is 3.43. The number of hydrogen-bond donors (Lipinski definition) is 2. The first-order chi connectivity index (χ1) is 4.49. The molecule has 0 rings (SSSR count). The second-order valence-electron chi connectivity index (χ2n) is 1.31. The van der Waals surface area contributed by atoms with E-state index < -0.39 is 23.1 Å². The highest BCUT2D eigenvalue weighted by Gasteiger charge is 2.15. The second-order valence-corrected chi connectivity index (χ2v) is 2.36. The van der Waals surface area contributed by atoms with Gasteiger partial charge in [-0.15, -0.1) is 0 Å². The lowest BCUT2D eigenvalue weighted by Crippen LogP contribution is -2.22. The Bertz CT molecular complexity index is 193. The number of carbonyl (C=O) groups excluding carboxylic acids is 1. The van der Waals surface area contributed by atoms with Crippen molar-refractivity contribution in [3.8, 4) is 0 Å². The zero-order valence-electron chi connectivity index (χ0n) is 4.72. The van der Waals surface area contributed by atoms with Crippen LogP contribution >= 0.6 is 0 Å². The molecule has 0 fully saturated rings. The second kappa shape index (κ2) is 3.62. The van der Waals surface area contributed by atoms with Gasteiger partial charge in [-0.1, -0.05) is 0 Å². The van der Waals surface area contributed by atoms with Gasteiger partial charge in [0.2, 0.25) is 6.29 Å². The van der Waals surface area contributed by atoms with Crippen LogP contribution in [0.25, 0.3) is 0 Å². The predicted molar refractivity (Wildman–Crippen MR) is 29.2 cm³/mol. The van der Waals surface area contributed by atoms with E-state index in [-0.39, 0.29) is 0 Å². The Morgan fingerprint density at radius 3 is 2.20 bits per heavy atom. The van der Waals surface area contributed by atoms with Crippen LogP contribution in [0.4, 0.5) is 0 Å². The van der Waals surface area contributed by atoms with E-state index in [0.29, 0.717) is 0 Å². The Labute approximate surface area is 57.4 Å². The fourth-order valence-electron chi connectivity index (χ4n) is 0.234. The largest absolute Gasteiger partial charge is 0.398 e. The first-order valence-corrected chi connectivity index (χ1v) is 3.50. The van der Waals surface area contributed by atoms with Crippen LogP contribution in [0.1, 0.15) is 0 Å². The summed E-state index contributed by atoms with van der Waals surface area (Å²) in [4.78, 5) is 9.63. The molecule has 1 radical (unpaired) electrons. The van der Waals surface area contributed by atoms with Gasteiger partial charge in [0.15, 0.2) is 6.10 Å². The Morgan fingerprint density at radius 2 is 2.10 bits per heavy atom. The van der Waals surface area contributed by atoms with Crippen molar-refractivity contribution in [1.82, 2.24) is 0 Å². The van der Waals surface area contributed by atoms with Crippen molar-refractivity contribution in [3.05, 3.63) is 0 Å². The van der Waals surface area contributed by atoms with Crippen LogP contribution in [0.3, 0.4) is 0 Å². The van der Waals surface area contributed by atoms with E-state index in [2.05, 4.69) is 4.18 Å². The van der Waals surface area contributed by atoms with Crippen molar-refractivity contribution in [1.29, 1.82) is 0 Å². The monoisotopic (exact) mass is 169 g/mol. The maximum Gasteiger partial charge on any atom is 0.398 e. The molecule has 6 nitrogen and oxygen atoms in total. The highest BCUT2D eigenvalue weighted by molar-refractivity contribution is 7.80. The average molecular weight is 169 g/mol. The lowest BCUT2D eigenvalue weighted by Gasteiger charge is -2.01. The lowest BCUT2D eigenvalue weighted by molar-refractivity contribution is 0.149. The number of aliphatic hydroxyl groups excluding tert-OH is 1. The van der Waals surface area contributed by atoms with Gasteiger partial charge in [-0.2, -0.15) is 8.42 Å². The third-order valence-corrected chi connectivity index (χ3v) is 1.01. The molecule has 0 bridgehead atoms. The van der Waals surface area contributed by atoms with E-state index >= 15 is 0 Å². The van der Waals surface area contributed by atoms with Gasteiger partial charge in [0.05, 0.1) is 6.61 Å². The molecule has 10 heavy (non-hydrogen) atoms. The smallest absolute Gasteiger partial charge is 0.393 e. The normalized spacial score (nSPS) is 14.6. The predicted octanol–water partition coefficient (Wildman–Crippen LogP) is -1.72. The zero-order valence-corrected chi connectivity index (χ0v) is 5.54. The van der Waals surface area contributed by atoms with Crippen LogP contribution in [-0.4, -0.2) is 37.1 Å². The summed E-state index contributed by atoms with van der Waals surface area (Å²) < 4.78 is 31.1. The Balaban J connectivity index is 4.00. The average Bonchev–Trinajstić information content (AvgIpc) is 1.81. The summed E-state index contributed by atoms with van der Waals surface area (Å²) >= 11 is 0. The molecule has 0 aliphatic heterocycles. The van der Waals surface area contributed by atoms with Crippen molar-refractivity contribution in [3.63, 3.8) is 0 Å². The molecule has 1 unspecified atom stereocenters. The van der Waals surface area contributed by atoms with Crippen molar-refractivity contribution in [2.45, 2.75) is 6.10 Å². The van der Waals surface area contributed by atoms with Crippen LogP contribution in [-0.2, 0) is 19.4 Å². The quantitative estimate of drug-likeness (QED) is 0.485. The molecule has 0 aromatic heterocycles. The molecule has 0 aromatic carbocycles. The van der Waals surface area contributed by atoms with Crippen LogP contribution in [0.15, 0.2) is 0 Å². The van der Waals surface area contributed by atoms with E-state index in [0.717, 1.165) is 6.29 Å². The summed E-state index contributed by atoms with van der Waals surface area (Å²) in [5.74, 6) is 0. The van der Waals surface area contributed by atoms with E-state index in [1.807, 2.05) is 0 Å². The summed E-state index contributed by atoms with van der Waals surface area (Å²) in [6.07, 6.45) is -0.597. The highest BCUT2D eigenvalue weighted by Crippen LogP contribution is 1.92. The van der Waals surface area contributed by atoms with Gasteiger partial charge in [0, 0.05) is 0 Å². The van der Waals surface area contributed by atoms with E-state index in [4.69, 9.17) is 9.66 Å². The maximum atomic E-state index is 9.80. The fourth-order valence-corrected chi connectivity index (χ4v) is 0.628. The van der Waals surface area contributed by atoms with Crippen LogP contribution in [0.2, 0.25) is 0 Å². The molecule has 2 N–H and O–H groups in total. The van der Waals surface area contributed by atoms with Crippen LogP contribution in [0.5, 0.6) is 0 Å². The van der Waals surface area contributed by atoms with Crippen LogP contribution in [0, 0.1) is 0 Å². The summed E-state index contributed by atoms with van der Waals surface area (Å²) in [7, 11) is -4.67. The summed E-state index contributed by atoms with van der Waals surface area (Å²) in [5.41, 5.74) is 0. The van der Waals surface area contributed by atoms with Crippen molar-refractivity contribution < 1.29 is 27.1 Å². The molecular weight excluding hydrogens is 164 g/mol. The first-order valence-electron chi connectivity index (χ1n) is 2.14. The van der Waals surface area contributed by atoms with Crippen LogP contribution < -0.4 is 0 Å². The van der Waals surface area contributed by atoms with E-state index in [1.165, 1.54) is 0 Å². The molecule has 59 valence electrons. The number of rotatable bonds is 4. The van der Waals surface area contributed by atoms with Gasteiger partial charge in [0.1, 0.15) is 0 Å². The Morgan fingerprint density at radius 1 is 1.60 bits per heavy atom. The van der Waals surface area contributed by atoms with Gasteiger partial charge in [0.25, 0.3) is 0 Å². The van der Waals surface area contributed by atoms with Gasteiger partial charge in [-0.25, -0.2) is 4.18 Å². The molecule has 0 heterocycles. The molecule has 0 aromatic rings. The molecule has 0 amide bonds. The first kappa shape index (κ1) is 9.50. The lowest BCUT2D eigenvalue weighted by atomic mass is 10.4. The third kappa shape index (κ3) is 4.39. The summed E-state index contributed by atoms with van der Waals surface area (Å²) in [5, 5.41) is 8.13. The van der Waals surface area contributed by atoms with Gasteiger partial charge in [-0.3, -0.25) is 9.35 Å². The SMILES string of the molecule is O=[C]C(CO)OS(=O)(=O)O. The van der Waals surface area contributed by atoms with Gasteiger partial charge < -0.3 is 5.11 Å². The minimum absolute atomic E-state index is 0.844. The number of hydrogen-bond acceptors (Lipinski definition) is 5.